The van der Waals surface area contributed by atoms with Crippen LogP contribution in [0.3, 0.4) is 0 Å². The maximum absolute atomic E-state index is 5.95. The van der Waals surface area contributed by atoms with Crippen molar-refractivity contribution in [1.29, 1.82) is 0 Å². The number of aryl methyl sites for hydroxylation is 3. The highest BCUT2D eigenvalue weighted by atomic mass is 16.7. The average Bonchev–Trinajstić information content (AvgIpc) is 3.17. The summed E-state index contributed by atoms with van der Waals surface area (Å²) in [5.41, 5.74) is 3.09. The molecule has 0 spiro atoms. The van der Waals surface area contributed by atoms with Crippen LogP contribution in [-0.2, 0) is 16.5 Å². The summed E-state index contributed by atoms with van der Waals surface area (Å²) in [5.74, 6) is 1.55. The number of nitrogens with zero attached hydrogens (tertiary/aromatic N) is 4. The van der Waals surface area contributed by atoms with Crippen LogP contribution in [0.4, 0.5) is 0 Å². The molecule has 2 aromatic rings. The number of benzene rings is 1. The lowest BCUT2D eigenvalue weighted by Gasteiger charge is -2.14. The van der Waals surface area contributed by atoms with E-state index in [1.54, 1.807) is 7.05 Å². The van der Waals surface area contributed by atoms with E-state index < -0.39 is 0 Å². The van der Waals surface area contributed by atoms with E-state index in [1.807, 2.05) is 26.0 Å². The first-order chi connectivity index (χ1) is 11.1. The Hall–Kier alpha value is -1.99. The lowest BCUT2D eigenvalue weighted by Crippen LogP contribution is -2.10. The quantitative estimate of drug-likeness (QED) is 0.759. The van der Waals surface area contributed by atoms with Gasteiger partial charge in [-0.15, -0.1) is 10.2 Å². The van der Waals surface area contributed by atoms with Crippen LogP contribution in [0.1, 0.15) is 24.0 Å². The second kappa shape index (κ2) is 7.06. The summed E-state index contributed by atoms with van der Waals surface area (Å²) in [6.45, 7) is 6.10. The standard InChI is InChI=1S/C16H22N4O3/c1-11-9-13(16-17-19-20(3)18-16)10-12(2)15(11)23-6-4-5-14-21-7-8-22-14/h9-10,14H,4-8H2,1-3H3. The SMILES string of the molecule is Cc1cc(-c2nnn(C)n2)cc(C)c1OCCCC1OCCO1. The third kappa shape index (κ3) is 3.86. The van der Waals surface area contributed by atoms with Crippen molar-refractivity contribution in [3.8, 4) is 17.1 Å². The highest BCUT2D eigenvalue weighted by molar-refractivity contribution is 5.60. The molecule has 3 rings (SSSR count). The van der Waals surface area contributed by atoms with E-state index in [1.165, 1.54) is 4.80 Å². The van der Waals surface area contributed by atoms with Gasteiger partial charge in [0, 0.05) is 12.0 Å². The first-order valence-corrected chi connectivity index (χ1v) is 7.85. The molecular weight excluding hydrogens is 296 g/mol. The van der Waals surface area contributed by atoms with Crippen LogP contribution >= 0.6 is 0 Å². The summed E-state index contributed by atoms with van der Waals surface area (Å²) >= 11 is 0. The van der Waals surface area contributed by atoms with Crippen molar-refractivity contribution in [3.63, 3.8) is 0 Å². The zero-order chi connectivity index (χ0) is 16.2. The molecule has 0 saturated carbocycles. The molecule has 1 fully saturated rings. The van der Waals surface area contributed by atoms with Crippen LogP contribution in [0.15, 0.2) is 12.1 Å². The van der Waals surface area contributed by atoms with Gasteiger partial charge in [0.2, 0.25) is 5.82 Å². The largest absolute Gasteiger partial charge is 0.493 e. The lowest BCUT2D eigenvalue weighted by molar-refractivity contribution is -0.0493. The summed E-state index contributed by atoms with van der Waals surface area (Å²) < 4.78 is 16.8. The molecule has 0 N–H and O–H groups in total. The Balaban J connectivity index is 1.61. The molecule has 0 amide bonds. The Morgan fingerprint density at radius 3 is 2.52 bits per heavy atom. The van der Waals surface area contributed by atoms with Crippen molar-refractivity contribution in [2.24, 2.45) is 7.05 Å². The fourth-order valence-corrected chi connectivity index (χ4v) is 2.70. The highest BCUT2D eigenvalue weighted by Gasteiger charge is 2.15. The molecule has 0 radical (unpaired) electrons. The first kappa shape index (κ1) is 15.9. The van der Waals surface area contributed by atoms with E-state index in [2.05, 4.69) is 15.4 Å². The van der Waals surface area contributed by atoms with Gasteiger partial charge in [0.25, 0.3) is 0 Å². The predicted molar refractivity (Wildman–Crippen MR) is 84.1 cm³/mol. The Bertz CT molecular complexity index is 642. The van der Waals surface area contributed by atoms with Crippen LogP contribution in [0, 0.1) is 13.8 Å². The van der Waals surface area contributed by atoms with E-state index >= 15 is 0 Å². The fraction of sp³-hybridized carbons (Fsp3) is 0.562. The number of hydrogen-bond donors (Lipinski definition) is 0. The molecule has 1 aromatic carbocycles. The zero-order valence-corrected chi connectivity index (χ0v) is 13.8. The molecule has 0 atom stereocenters. The minimum Gasteiger partial charge on any atom is -0.493 e. The number of tetrazole rings is 1. The number of ether oxygens (including phenoxy) is 3. The topological polar surface area (TPSA) is 71.3 Å². The Labute approximate surface area is 135 Å². The average molecular weight is 318 g/mol. The van der Waals surface area contributed by atoms with Gasteiger partial charge in [0.15, 0.2) is 6.29 Å². The van der Waals surface area contributed by atoms with Crippen molar-refractivity contribution >= 4 is 0 Å². The van der Waals surface area contributed by atoms with Crippen LogP contribution in [-0.4, -0.2) is 46.3 Å². The predicted octanol–water partition coefficient (Wildman–Crippen LogP) is 2.03. The Kier molecular flexibility index (Phi) is 4.88. The van der Waals surface area contributed by atoms with Crippen molar-refractivity contribution in [3.05, 3.63) is 23.3 Å². The lowest BCUT2D eigenvalue weighted by atomic mass is 10.1. The third-order valence-electron chi connectivity index (χ3n) is 3.75. The zero-order valence-electron chi connectivity index (χ0n) is 13.8. The molecule has 124 valence electrons. The van der Waals surface area contributed by atoms with E-state index in [0.717, 1.165) is 35.3 Å². The van der Waals surface area contributed by atoms with Gasteiger partial charge < -0.3 is 14.2 Å². The molecule has 0 bridgehead atoms. The second-order valence-corrected chi connectivity index (χ2v) is 5.70. The van der Waals surface area contributed by atoms with Crippen LogP contribution in [0.25, 0.3) is 11.4 Å². The normalized spacial score (nSPS) is 15.3. The molecule has 7 nitrogen and oxygen atoms in total. The van der Waals surface area contributed by atoms with Gasteiger partial charge in [0.05, 0.1) is 26.9 Å². The van der Waals surface area contributed by atoms with Gasteiger partial charge in [-0.2, -0.15) is 4.80 Å². The molecule has 0 unspecified atom stereocenters. The van der Waals surface area contributed by atoms with E-state index in [4.69, 9.17) is 14.2 Å². The third-order valence-corrected chi connectivity index (χ3v) is 3.75. The van der Waals surface area contributed by atoms with Crippen LogP contribution in [0.2, 0.25) is 0 Å². The molecule has 0 aliphatic carbocycles. The van der Waals surface area contributed by atoms with Gasteiger partial charge in [-0.25, -0.2) is 0 Å². The molecular formula is C16H22N4O3. The molecule has 1 saturated heterocycles. The minimum atomic E-state index is -0.0640. The van der Waals surface area contributed by atoms with Gasteiger partial charge in [-0.05, 0) is 48.7 Å². The van der Waals surface area contributed by atoms with Crippen LogP contribution < -0.4 is 4.74 Å². The minimum absolute atomic E-state index is 0.0640. The number of hydrogen-bond acceptors (Lipinski definition) is 6. The van der Waals surface area contributed by atoms with Crippen LogP contribution in [0.5, 0.6) is 5.75 Å². The molecule has 2 heterocycles. The van der Waals surface area contributed by atoms with Gasteiger partial charge >= 0.3 is 0 Å². The highest BCUT2D eigenvalue weighted by Crippen LogP contribution is 2.28. The summed E-state index contributed by atoms with van der Waals surface area (Å²) in [6, 6.07) is 4.06. The van der Waals surface area contributed by atoms with Crippen molar-refractivity contribution < 1.29 is 14.2 Å². The Morgan fingerprint density at radius 1 is 1.22 bits per heavy atom. The molecule has 1 aromatic heterocycles. The van der Waals surface area contributed by atoms with Crippen molar-refractivity contribution in [1.82, 2.24) is 20.2 Å². The summed E-state index contributed by atoms with van der Waals surface area (Å²) in [4.78, 5) is 1.46. The van der Waals surface area contributed by atoms with Gasteiger partial charge in [-0.1, -0.05) is 0 Å². The van der Waals surface area contributed by atoms with Crippen molar-refractivity contribution in [2.75, 3.05) is 19.8 Å². The van der Waals surface area contributed by atoms with Gasteiger partial charge in [-0.3, -0.25) is 0 Å². The molecule has 1 aliphatic heterocycles. The van der Waals surface area contributed by atoms with E-state index in [9.17, 15) is 0 Å². The second-order valence-electron chi connectivity index (χ2n) is 5.70. The summed E-state index contributed by atoms with van der Waals surface area (Å²) in [7, 11) is 1.76. The number of aromatic nitrogens is 4. The monoisotopic (exact) mass is 318 g/mol. The van der Waals surface area contributed by atoms with E-state index in [-0.39, 0.29) is 6.29 Å². The van der Waals surface area contributed by atoms with Crippen molar-refractivity contribution in [2.45, 2.75) is 33.0 Å². The summed E-state index contributed by atoms with van der Waals surface area (Å²) in [6.07, 6.45) is 1.70. The maximum atomic E-state index is 5.95. The maximum Gasteiger partial charge on any atom is 0.204 e. The van der Waals surface area contributed by atoms with Gasteiger partial charge in [0.1, 0.15) is 5.75 Å². The smallest absolute Gasteiger partial charge is 0.204 e. The molecule has 23 heavy (non-hydrogen) atoms. The molecule has 1 aliphatic rings. The number of rotatable bonds is 6. The summed E-state index contributed by atoms with van der Waals surface area (Å²) in [5, 5.41) is 12.2. The fourth-order valence-electron chi connectivity index (χ4n) is 2.70. The first-order valence-electron chi connectivity index (χ1n) is 7.85. The molecule has 7 heteroatoms. The Morgan fingerprint density at radius 2 is 1.91 bits per heavy atom. The van der Waals surface area contributed by atoms with E-state index in [0.29, 0.717) is 25.6 Å².